The maximum atomic E-state index is 12.2. The van der Waals surface area contributed by atoms with Crippen LogP contribution in [0.5, 0.6) is 0 Å². The molecule has 1 atom stereocenters. The second-order valence-electron chi connectivity index (χ2n) is 5.14. The number of hydrogen-bond acceptors (Lipinski definition) is 4. The van der Waals surface area contributed by atoms with Gasteiger partial charge in [0.15, 0.2) is 12.4 Å². The minimum absolute atomic E-state index is 0.0601. The fraction of sp³-hybridized carbons (Fsp3) is 0.438. The molecule has 106 valence electrons. The van der Waals surface area contributed by atoms with Crippen LogP contribution in [0.4, 0.5) is 0 Å². The van der Waals surface area contributed by atoms with Gasteiger partial charge >= 0.3 is 5.97 Å². The Morgan fingerprint density at radius 3 is 2.50 bits per heavy atom. The summed E-state index contributed by atoms with van der Waals surface area (Å²) in [5, 5.41) is 0. The smallest absolute Gasteiger partial charge is 0.320 e. The summed E-state index contributed by atoms with van der Waals surface area (Å²) < 4.78 is 4.92. The number of hydrogen-bond donors (Lipinski definition) is 0. The summed E-state index contributed by atoms with van der Waals surface area (Å²) in [6.07, 6.45) is 1.21. The van der Waals surface area contributed by atoms with E-state index >= 15 is 0 Å². The van der Waals surface area contributed by atoms with Crippen LogP contribution in [0.1, 0.15) is 31.7 Å². The molecule has 4 heteroatoms. The molecule has 1 aliphatic heterocycles. The Morgan fingerprint density at radius 2 is 1.95 bits per heavy atom. The predicted molar refractivity (Wildman–Crippen MR) is 73.1 cm³/mol. The second kappa shape index (κ2) is 5.99. The van der Waals surface area contributed by atoms with Crippen LogP contribution in [0.3, 0.4) is 0 Å². The summed E-state index contributed by atoms with van der Waals surface area (Å²) in [7, 11) is 0. The van der Waals surface area contributed by atoms with E-state index in [0.29, 0.717) is 12.8 Å². The van der Waals surface area contributed by atoms with Crippen LogP contribution >= 0.6 is 0 Å². The van der Waals surface area contributed by atoms with Crippen molar-refractivity contribution in [1.82, 2.24) is 0 Å². The second-order valence-corrected chi connectivity index (χ2v) is 5.14. The number of benzene rings is 1. The van der Waals surface area contributed by atoms with E-state index in [1.807, 2.05) is 30.3 Å². The fourth-order valence-corrected chi connectivity index (χ4v) is 2.50. The molecule has 1 aromatic carbocycles. The van der Waals surface area contributed by atoms with Gasteiger partial charge in [-0.25, -0.2) is 0 Å². The third-order valence-electron chi connectivity index (χ3n) is 3.83. The van der Waals surface area contributed by atoms with E-state index in [0.717, 1.165) is 5.56 Å². The quantitative estimate of drug-likeness (QED) is 0.589. The summed E-state index contributed by atoms with van der Waals surface area (Å²) in [6, 6.07) is 9.37. The number of ether oxygens (including phenoxy) is 1. The Hall–Kier alpha value is -1.97. The van der Waals surface area contributed by atoms with Gasteiger partial charge in [0, 0.05) is 12.8 Å². The molecule has 1 saturated heterocycles. The van der Waals surface area contributed by atoms with Crippen molar-refractivity contribution >= 4 is 17.5 Å². The van der Waals surface area contributed by atoms with Gasteiger partial charge in [0.2, 0.25) is 0 Å². The fourth-order valence-electron chi connectivity index (χ4n) is 2.50. The van der Waals surface area contributed by atoms with Crippen molar-refractivity contribution in [2.45, 2.75) is 32.6 Å². The zero-order valence-corrected chi connectivity index (χ0v) is 11.6. The Bertz CT molecular complexity index is 503. The molecule has 0 aromatic heterocycles. The van der Waals surface area contributed by atoms with Gasteiger partial charge in [0.25, 0.3) is 0 Å². The summed E-state index contributed by atoms with van der Waals surface area (Å²) in [5.74, 6) is -0.643. The maximum Gasteiger partial charge on any atom is 0.320 e. The van der Waals surface area contributed by atoms with Crippen LogP contribution in [-0.4, -0.2) is 24.1 Å². The normalized spacial score (nSPS) is 21.9. The molecule has 0 bridgehead atoms. The topological polar surface area (TPSA) is 60.4 Å². The number of carbonyl (C=O) groups excluding carboxylic acids is 3. The Labute approximate surface area is 118 Å². The van der Waals surface area contributed by atoms with E-state index in [-0.39, 0.29) is 31.0 Å². The Balaban J connectivity index is 2.22. The molecule has 0 saturated carbocycles. The van der Waals surface area contributed by atoms with E-state index in [1.165, 1.54) is 0 Å². The molecule has 0 radical (unpaired) electrons. The first-order chi connectivity index (χ1) is 9.58. The van der Waals surface area contributed by atoms with Gasteiger partial charge in [-0.2, -0.15) is 0 Å². The first-order valence-corrected chi connectivity index (χ1v) is 6.84. The average Bonchev–Trinajstić information content (AvgIpc) is 2.74. The van der Waals surface area contributed by atoms with Gasteiger partial charge in [-0.3, -0.25) is 14.4 Å². The summed E-state index contributed by atoms with van der Waals surface area (Å²) in [6.45, 7) is 1.60. The summed E-state index contributed by atoms with van der Waals surface area (Å²) in [5.41, 5.74) is -0.268. The molecule has 1 aromatic rings. The maximum absolute atomic E-state index is 12.2. The SMILES string of the molecule is CCC(=O)CCC1(Cc2ccccc2)C(=O)COC1=O. The van der Waals surface area contributed by atoms with Crippen LogP contribution in [0, 0.1) is 5.41 Å². The molecular formula is C16H18O4. The van der Waals surface area contributed by atoms with Gasteiger partial charge in [0.1, 0.15) is 11.2 Å². The van der Waals surface area contributed by atoms with Crippen molar-refractivity contribution in [3.05, 3.63) is 35.9 Å². The van der Waals surface area contributed by atoms with Gasteiger partial charge in [0.05, 0.1) is 0 Å². The molecule has 2 rings (SSSR count). The van der Waals surface area contributed by atoms with Crippen molar-refractivity contribution < 1.29 is 19.1 Å². The van der Waals surface area contributed by atoms with Gasteiger partial charge in [-0.1, -0.05) is 37.3 Å². The molecule has 0 amide bonds. The van der Waals surface area contributed by atoms with Crippen molar-refractivity contribution in [2.24, 2.45) is 5.41 Å². The van der Waals surface area contributed by atoms with Gasteiger partial charge in [-0.15, -0.1) is 0 Å². The van der Waals surface area contributed by atoms with Crippen molar-refractivity contribution in [1.29, 1.82) is 0 Å². The molecule has 0 N–H and O–H groups in total. The minimum Gasteiger partial charge on any atom is -0.457 e. The van der Waals surface area contributed by atoms with Crippen molar-refractivity contribution in [3.63, 3.8) is 0 Å². The lowest BCUT2D eigenvalue weighted by molar-refractivity contribution is -0.147. The number of cyclic esters (lactones) is 1. The highest BCUT2D eigenvalue weighted by Crippen LogP contribution is 2.36. The monoisotopic (exact) mass is 274 g/mol. The highest BCUT2D eigenvalue weighted by molar-refractivity contribution is 6.09. The molecule has 4 nitrogen and oxygen atoms in total. The van der Waals surface area contributed by atoms with Crippen LogP contribution in [-0.2, 0) is 25.5 Å². The molecule has 1 heterocycles. The molecule has 1 fully saturated rings. The Morgan fingerprint density at radius 1 is 1.25 bits per heavy atom. The lowest BCUT2D eigenvalue weighted by Gasteiger charge is -2.22. The summed E-state index contributed by atoms with van der Waals surface area (Å²) >= 11 is 0. The number of Topliss-reactive ketones (excluding diaryl/α,β-unsaturated/α-hetero) is 2. The highest BCUT2D eigenvalue weighted by Gasteiger charge is 2.51. The third kappa shape index (κ3) is 2.79. The van der Waals surface area contributed by atoms with E-state index in [9.17, 15) is 14.4 Å². The number of ketones is 2. The predicted octanol–water partition coefficient (Wildman–Crippen LogP) is 2.10. The van der Waals surface area contributed by atoms with E-state index in [4.69, 9.17) is 4.74 Å². The third-order valence-corrected chi connectivity index (χ3v) is 3.83. The zero-order valence-electron chi connectivity index (χ0n) is 11.6. The molecule has 1 aliphatic rings. The standard InChI is InChI=1S/C16H18O4/c1-2-13(17)8-9-16(14(18)11-20-15(16)19)10-12-6-4-3-5-7-12/h3-7H,2,8-11H2,1H3. The number of carbonyl (C=O) groups is 3. The van der Waals surface area contributed by atoms with Crippen LogP contribution < -0.4 is 0 Å². The van der Waals surface area contributed by atoms with Crippen LogP contribution in [0.25, 0.3) is 0 Å². The number of rotatable bonds is 6. The first kappa shape index (κ1) is 14.4. The number of esters is 1. The lowest BCUT2D eigenvalue weighted by Crippen LogP contribution is -2.36. The van der Waals surface area contributed by atoms with Crippen LogP contribution in [0.2, 0.25) is 0 Å². The van der Waals surface area contributed by atoms with Gasteiger partial charge in [-0.05, 0) is 18.4 Å². The summed E-state index contributed by atoms with van der Waals surface area (Å²) in [4.78, 5) is 35.7. The van der Waals surface area contributed by atoms with E-state index in [1.54, 1.807) is 6.92 Å². The van der Waals surface area contributed by atoms with E-state index < -0.39 is 11.4 Å². The zero-order chi connectivity index (χ0) is 14.6. The Kier molecular flexibility index (Phi) is 4.32. The van der Waals surface area contributed by atoms with Crippen LogP contribution in [0.15, 0.2) is 30.3 Å². The largest absolute Gasteiger partial charge is 0.457 e. The van der Waals surface area contributed by atoms with Gasteiger partial charge < -0.3 is 4.74 Å². The molecule has 0 spiro atoms. The first-order valence-electron chi connectivity index (χ1n) is 6.84. The highest BCUT2D eigenvalue weighted by atomic mass is 16.5. The molecule has 1 unspecified atom stereocenters. The molecular weight excluding hydrogens is 256 g/mol. The minimum atomic E-state index is -1.17. The van der Waals surface area contributed by atoms with Crippen molar-refractivity contribution in [2.75, 3.05) is 6.61 Å². The van der Waals surface area contributed by atoms with E-state index in [2.05, 4.69) is 0 Å². The lowest BCUT2D eigenvalue weighted by atomic mass is 9.75. The van der Waals surface area contributed by atoms with Crippen molar-refractivity contribution in [3.8, 4) is 0 Å². The molecule has 20 heavy (non-hydrogen) atoms. The average molecular weight is 274 g/mol. The molecule has 0 aliphatic carbocycles.